The molecule has 0 bridgehead atoms. The number of carboxylic acid groups (broad SMARTS) is 1. The first-order valence-corrected chi connectivity index (χ1v) is 9.71. The van der Waals surface area contributed by atoms with Crippen molar-refractivity contribution >= 4 is 17.3 Å². The number of alkyl halides is 3. The fraction of sp³-hybridized carbons (Fsp3) is 0.200. The van der Waals surface area contributed by atoms with E-state index < -0.39 is 30.2 Å². The van der Waals surface area contributed by atoms with Crippen molar-refractivity contribution in [1.29, 1.82) is 0 Å². The summed E-state index contributed by atoms with van der Waals surface area (Å²) in [6, 6.07) is 8.19. The van der Waals surface area contributed by atoms with Gasteiger partial charge in [-0.2, -0.15) is 13.2 Å². The van der Waals surface area contributed by atoms with Crippen molar-refractivity contribution in [3.05, 3.63) is 73.7 Å². The van der Waals surface area contributed by atoms with Gasteiger partial charge in [-0.25, -0.2) is 0 Å². The highest BCUT2D eigenvalue weighted by molar-refractivity contribution is 7.09. The van der Waals surface area contributed by atoms with E-state index in [9.17, 15) is 27.9 Å². The maximum absolute atomic E-state index is 13.4. The number of benzene rings is 2. The zero-order valence-electron chi connectivity index (χ0n) is 15.8. The smallest absolute Gasteiger partial charge is 0.416 e. The Labute approximate surface area is 177 Å². The number of halogens is 3. The van der Waals surface area contributed by atoms with E-state index in [1.165, 1.54) is 6.07 Å². The second-order valence-corrected chi connectivity index (χ2v) is 7.74. The number of thiazole rings is 1. The van der Waals surface area contributed by atoms with Crippen molar-refractivity contribution in [3.8, 4) is 17.4 Å². The predicted octanol–water partition coefficient (Wildman–Crippen LogP) is 3.50. The third kappa shape index (κ3) is 5.64. The minimum absolute atomic E-state index is 0.0748. The van der Waals surface area contributed by atoms with Crippen LogP contribution < -0.4 is 15.3 Å². The molecular formula is C20H17F3N2O5S. The van der Waals surface area contributed by atoms with Gasteiger partial charge in [0.15, 0.2) is 0 Å². The van der Waals surface area contributed by atoms with Crippen LogP contribution in [0.3, 0.4) is 0 Å². The van der Waals surface area contributed by atoms with Crippen LogP contribution in [0, 0.1) is 0 Å². The molecule has 0 spiro atoms. The molecule has 0 aliphatic rings. The molecule has 0 aliphatic heterocycles. The third-order valence-electron chi connectivity index (χ3n) is 4.37. The van der Waals surface area contributed by atoms with Crippen LogP contribution in [0.1, 0.15) is 21.6 Å². The summed E-state index contributed by atoms with van der Waals surface area (Å²) in [5.41, 5.74) is 4.87. The quantitative estimate of drug-likeness (QED) is 0.433. The molecule has 0 aliphatic carbocycles. The highest BCUT2D eigenvalue weighted by atomic mass is 32.1. The van der Waals surface area contributed by atoms with Gasteiger partial charge in [0.1, 0.15) is 17.5 Å². The number of nitrogens with two attached hydrogens (primary N) is 1. The highest BCUT2D eigenvalue weighted by Gasteiger charge is 2.34. The molecule has 0 saturated carbocycles. The molecule has 1 atom stereocenters. The lowest BCUT2D eigenvalue weighted by Crippen LogP contribution is -2.33. The van der Waals surface area contributed by atoms with E-state index in [1.54, 1.807) is 24.3 Å². The van der Waals surface area contributed by atoms with E-state index in [2.05, 4.69) is 4.98 Å². The number of H-pyrrole nitrogens is 1. The van der Waals surface area contributed by atoms with Crippen LogP contribution >= 0.6 is 11.3 Å². The first-order valence-electron chi connectivity index (χ1n) is 8.89. The number of hydrogen-bond acceptors (Lipinski definition) is 6. The van der Waals surface area contributed by atoms with E-state index in [0.29, 0.717) is 11.3 Å². The minimum atomic E-state index is -4.71. The van der Waals surface area contributed by atoms with E-state index in [-0.39, 0.29) is 27.8 Å². The molecule has 1 aromatic heterocycles. The van der Waals surface area contributed by atoms with Crippen molar-refractivity contribution < 1.29 is 32.9 Å². The summed E-state index contributed by atoms with van der Waals surface area (Å²) in [5.74, 6) is -1.39. The van der Waals surface area contributed by atoms with Crippen molar-refractivity contribution in [1.82, 2.24) is 4.98 Å². The fourth-order valence-corrected chi connectivity index (χ4v) is 3.61. The van der Waals surface area contributed by atoms with Crippen molar-refractivity contribution in [2.75, 3.05) is 0 Å². The molecule has 1 unspecified atom stereocenters. The number of aromatic amines is 1. The van der Waals surface area contributed by atoms with E-state index in [0.717, 1.165) is 29.0 Å². The van der Waals surface area contributed by atoms with Gasteiger partial charge in [0, 0.05) is 6.42 Å². The molecule has 164 valence electrons. The first kappa shape index (κ1) is 22.4. The normalized spacial score (nSPS) is 12.5. The van der Waals surface area contributed by atoms with Gasteiger partial charge in [-0.1, -0.05) is 29.5 Å². The molecule has 0 radical (unpaired) electrons. The summed E-state index contributed by atoms with van der Waals surface area (Å²) in [4.78, 5) is 24.5. The largest absolute Gasteiger partial charge is 0.494 e. The summed E-state index contributed by atoms with van der Waals surface area (Å²) >= 11 is 0.882. The van der Waals surface area contributed by atoms with Crippen LogP contribution in [0.4, 0.5) is 13.2 Å². The standard InChI is InChI=1S/C20H17F3N2O5S/c21-20(22,23)14-9-13(6-3-11(14)8-15(24)18(27)28)30-12-4-1-10(2-5-12)7-16-17(26)25-19(29)31-16/h1-6,9,15,26H,7-8,24H2,(H,25,29)(H,27,28). The van der Waals surface area contributed by atoms with E-state index >= 15 is 0 Å². The topological polar surface area (TPSA) is 126 Å². The number of rotatable bonds is 7. The Kier molecular flexibility index (Phi) is 6.37. The number of hydrogen-bond donors (Lipinski definition) is 4. The molecule has 5 N–H and O–H groups in total. The molecule has 0 fully saturated rings. The molecule has 1 heterocycles. The average Bonchev–Trinajstić information content (AvgIpc) is 3.00. The minimum Gasteiger partial charge on any atom is -0.494 e. The second kappa shape index (κ2) is 8.82. The molecule has 2 aromatic carbocycles. The van der Waals surface area contributed by atoms with Gasteiger partial charge in [0.05, 0.1) is 10.4 Å². The Bertz CT molecular complexity index is 1140. The molecule has 31 heavy (non-hydrogen) atoms. The lowest BCUT2D eigenvalue weighted by atomic mass is 10.00. The van der Waals surface area contributed by atoms with Gasteiger partial charge >= 0.3 is 17.0 Å². The Morgan fingerprint density at radius 3 is 2.35 bits per heavy atom. The van der Waals surface area contributed by atoms with Crippen molar-refractivity contribution in [2.24, 2.45) is 5.73 Å². The predicted molar refractivity (Wildman–Crippen MR) is 107 cm³/mol. The number of aliphatic carboxylic acids is 1. The maximum atomic E-state index is 13.4. The first-order chi connectivity index (χ1) is 14.5. The Morgan fingerprint density at radius 2 is 1.81 bits per heavy atom. The lowest BCUT2D eigenvalue weighted by molar-refractivity contribution is -0.140. The van der Waals surface area contributed by atoms with Gasteiger partial charge in [0.2, 0.25) is 5.88 Å². The number of ether oxygens (including phenoxy) is 1. The fourth-order valence-electron chi connectivity index (χ4n) is 2.85. The summed E-state index contributed by atoms with van der Waals surface area (Å²) in [6.45, 7) is 0. The third-order valence-corrected chi connectivity index (χ3v) is 5.24. The van der Waals surface area contributed by atoms with Crippen LogP contribution in [0.25, 0.3) is 0 Å². The van der Waals surface area contributed by atoms with Crippen LogP contribution in [0.15, 0.2) is 47.3 Å². The Balaban J connectivity index is 1.78. The van der Waals surface area contributed by atoms with Crippen LogP contribution in [-0.2, 0) is 23.8 Å². The number of carboxylic acids is 1. The zero-order chi connectivity index (χ0) is 22.8. The molecule has 7 nitrogen and oxygen atoms in total. The SMILES string of the molecule is NC(Cc1ccc(Oc2ccc(Cc3sc(=O)[nH]c3O)cc2)cc1C(F)(F)F)C(=O)O. The molecule has 3 aromatic rings. The number of aromatic hydroxyl groups is 1. The highest BCUT2D eigenvalue weighted by Crippen LogP contribution is 2.36. The molecule has 11 heteroatoms. The molecule has 3 rings (SSSR count). The maximum Gasteiger partial charge on any atom is 0.416 e. The molecule has 0 amide bonds. The summed E-state index contributed by atoms with van der Waals surface area (Å²) < 4.78 is 45.8. The van der Waals surface area contributed by atoms with Crippen molar-refractivity contribution in [3.63, 3.8) is 0 Å². The summed E-state index contributed by atoms with van der Waals surface area (Å²) in [6.07, 6.45) is -4.89. The van der Waals surface area contributed by atoms with Crippen molar-refractivity contribution in [2.45, 2.75) is 25.1 Å². The lowest BCUT2D eigenvalue weighted by Gasteiger charge is -2.16. The second-order valence-electron chi connectivity index (χ2n) is 6.67. The van der Waals surface area contributed by atoms with Gasteiger partial charge in [0.25, 0.3) is 0 Å². The molecule has 0 saturated heterocycles. The van der Waals surface area contributed by atoms with Crippen LogP contribution in [0.5, 0.6) is 17.4 Å². The zero-order valence-corrected chi connectivity index (χ0v) is 16.6. The molecular weight excluding hydrogens is 437 g/mol. The number of nitrogens with one attached hydrogen (secondary N) is 1. The average molecular weight is 454 g/mol. The monoisotopic (exact) mass is 454 g/mol. The summed E-state index contributed by atoms with van der Waals surface area (Å²) in [5, 5.41) is 18.5. The van der Waals surface area contributed by atoms with E-state index in [4.69, 9.17) is 15.6 Å². The number of aromatic nitrogens is 1. The van der Waals surface area contributed by atoms with Gasteiger partial charge in [-0.15, -0.1) is 0 Å². The van der Waals surface area contributed by atoms with Crippen LogP contribution in [-0.4, -0.2) is 27.2 Å². The van der Waals surface area contributed by atoms with Crippen LogP contribution in [0.2, 0.25) is 0 Å². The van der Waals surface area contributed by atoms with Gasteiger partial charge < -0.3 is 20.7 Å². The Morgan fingerprint density at radius 1 is 1.16 bits per heavy atom. The summed E-state index contributed by atoms with van der Waals surface area (Å²) in [7, 11) is 0. The number of carbonyl (C=O) groups is 1. The van der Waals surface area contributed by atoms with Gasteiger partial charge in [-0.3, -0.25) is 14.6 Å². The van der Waals surface area contributed by atoms with E-state index in [1.807, 2.05) is 0 Å². The Hall–Kier alpha value is -3.31. The van der Waals surface area contributed by atoms with Gasteiger partial charge in [-0.05, 0) is 41.8 Å².